The molecule has 0 saturated carbocycles. The molecule has 4 nitrogen and oxygen atoms in total. The van der Waals surface area contributed by atoms with Crippen LogP contribution < -0.4 is 0 Å². The van der Waals surface area contributed by atoms with Crippen LogP contribution in [0.25, 0.3) is 0 Å². The molecule has 0 aliphatic carbocycles. The summed E-state index contributed by atoms with van der Waals surface area (Å²) < 4.78 is 0. The first kappa shape index (κ1) is 14.2. The molecule has 4 heteroatoms. The summed E-state index contributed by atoms with van der Waals surface area (Å²) in [5, 5.41) is 9.15. The van der Waals surface area contributed by atoms with E-state index in [0.29, 0.717) is 5.56 Å². The fourth-order valence-corrected chi connectivity index (χ4v) is 2.14. The fourth-order valence-electron chi connectivity index (χ4n) is 2.14. The summed E-state index contributed by atoms with van der Waals surface area (Å²) in [5.41, 5.74) is 2.47. The molecular weight excluding hydrogens is 252 g/mol. The summed E-state index contributed by atoms with van der Waals surface area (Å²) in [7, 11) is 2.03. The molecule has 0 bridgehead atoms. The third-order valence-corrected chi connectivity index (χ3v) is 3.21. The van der Waals surface area contributed by atoms with E-state index in [0.717, 1.165) is 25.1 Å². The van der Waals surface area contributed by atoms with Gasteiger partial charge in [0.05, 0.1) is 5.56 Å². The monoisotopic (exact) mass is 270 g/mol. The number of hydrogen-bond donors (Lipinski definition) is 1. The Balaban J connectivity index is 1.94. The number of pyridine rings is 1. The summed E-state index contributed by atoms with van der Waals surface area (Å²) in [5.74, 6) is -0.864. The molecular formula is C16H18N2O2. The SMILES string of the molecule is CN(CCc1ccccc1C(=O)O)Cc1ccncc1. The topological polar surface area (TPSA) is 53.4 Å². The molecule has 1 aromatic heterocycles. The van der Waals surface area contributed by atoms with E-state index in [1.807, 2.05) is 31.3 Å². The molecule has 0 saturated heterocycles. The van der Waals surface area contributed by atoms with Crippen molar-refractivity contribution in [3.05, 3.63) is 65.5 Å². The second-order valence-electron chi connectivity index (χ2n) is 4.81. The highest BCUT2D eigenvalue weighted by Crippen LogP contribution is 2.11. The van der Waals surface area contributed by atoms with E-state index in [4.69, 9.17) is 5.11 Å². The van der Waals surface area contributed by atoms with Crippen LogP contribution in [-0.4, -0.2) is 34.6 Å². The van der Waals surface area contributed by atoms with E-state index < -0.39 is 5.97 Å². The zero-order chi connectivity index (χ0) is 14.4. The Hall–Kier alpha value is -2.20. The second kappa shape index (κ2) is 6.82. The first-order valence-electron chi connectivity index (χ1n) is 6.55. The van der Waals surface area contributed by atoms with Gasteiger partial charge in [0.25, 0.3) is 0 Å². The number of aromatic carboxylic acids is 1. The Morgan fingerprint density at radius 2 is 1.90 bits per heavy atom. The van der Waals surface area contributed by atoms with Crippen molar-refractivity contribution in [3.63, 3.8) is 0 Å². The Bertz CT molecular complexity index is 570. The van der Waals surface area contributed by atoms with Crippen molar-refractivity contribution < 1.29 is 9.90 Å². The predicted molar refractivity (Wildman–Crippen MR) is 77.7 cm³/mol. The van der Waals surface area contributed by atoms with Crippen LogP contribution in [0.15, 0.2) is 48.8 Å². The van der Waals surface area contributed by atoms with Crippen LogP contribution in [0.4, 0.5) is 0 Å². The van der Waals surface area contributed by atoms with E-state index >= 15 is 0 Å². The average molecular weight is 270 g/mol. The number of nitrogens with zero attached hydrogens (tertiary/aromatic N) is 2. The van der Waals surface area contributed by atoms with E-state index in [9.17, 15) is 4.79 Å². The van der Waals surface area contributed by atoms with E-state index in [-0.39, 0.29) is 0 Å². The molecule has 0 spiro atoms. The highest BCUT2D eigenvalue weighted by Gasteiger charge is 2.09. The molecule has 1 heterocycles. The van der Waals surface area contributed by atoms with E-state index in [1.165, 1.54) is 5.56 Å². The van der Waals surface area contributed by atoms with Gasteiger partial charge in [0.2, 0.25) is 0 Å². The number of carboxylic acids is 1. The van der Waals surface area contributed by atoms with E-state index in [2.05, 4.69) is 9.88 Å². The van der Waals surface area contributed by atoms with Gasteiger partial charge in [-0.1, -0.05) is 18.2 Å². The Morgan fingerprint density at radius 3 is 2.60 bits per heavy atom. The lowest BCUT2D eigenvalue weighted by atomic mass is 10.0. The van der Waals surface area contributed by atoms with Gasteiger partial charge in [-0.05, 0) is 42.8 Å². The largest absolute Gasteiger partial charge is 0.478 e. The molecule has 20 heavy (non-hydrogen) atoms. The minimum Gasteiger partial charge on any atom is -0.478 e. The fraction of sp³-hybridized carbons (Fsp3) is 0.250. The van der Waals surface area contributed by atoms with Gasteiger partial charge in [0.1, 0.15) is 0 Å². The van der Waals surface area contributed by atoms with Gasteiger partial charge in [-0.3, -0.25) is 4.98 Å². The van der Waals surface area contributed by atoms with Gasteiger partial charge in [-0.2, -0.15) is 0 Å². The summed E-state index contributed by atoms with van der Waals surface area (Å²) >= 11 is 0. The maximum absolute atomic E-state index is 11.1. The molecule has 0 unspecified atom stereocenters. The van der Waals surface area contributed by atoms with Crippen LogP contribution in [0.2, 0.25) is 0 Å². The van der Waals surface area contributed by atoms with Crippen molar-refractivity contribution in [1.29, 1.82) is 0 Å². The minimum absolute atomic E-state index is 0.393. The molecule has 0 atom stereocenters. The van der Waals surface area contributed by atoms with Crippen LogP contribution in [0, 0.1) is 0 Å². The third-order valence-electron chi connectivity index (χ3n) is 3.21. The van der Waals surface area contributed by atoms with Crippen LogP contribution in [0.5, 0.6) is 0 Å². The van der Waals surface area contributed by atoms with Gasteiger partial charge in [-0.15, -0.1) is 0 Å². The standard InChI is InChI=1S/C16H18N2O2/c1-18(12-13-6-9-17-10-7-13)11-8-14-4-2-3-5-15(14)16(19)20/h2-7,9-10H,8,11-12H2,1H3,(H,19,20). The van der Waals surface area contributed by atoms with Crippen molar-refractivity contribution in [2.24, 2.45) is 0 Å². The number of rotatable bonds is 6. The van der Waals surface area contributed by atoms with Crippen molar-refractivity contribution in [2.75, 3.05) is 13.6 Å². The highest BCUT2D eigenvalue weighted by atomic mass is 16.4. The zero-order valence-corrected chi connectivity index (χ0v) is 11.5. The van der Waals surface area contributed by atoms with Gasteiger partial charge in [0, 0.05) is 25.5 Å². The quantitative estimate of drug-likeness (QED) is 0.876. The molecule has 0 radical (unpaired) electrons. The van der Waals surface area contributed by atoms with Crippen LogP contribution in [0.1, 0.15) is 21.5 Å². The van der Waals surface area contributed by atoms with Crippen LogP contribution in [-0.2, 0) is 13.0 Å². The lowest BCUT2D eigenvalue weighted by Gasteiger charge is -2.17. The molecule has 0 amide bonds. The zero-order valence-electron chi connectivity index (χ0n) is 11.5. The molecule has 1 aromatic carbocycles. The van der Waals surface area contributed by atoms with Gasteiger partial charge >= 0.3 is 5.97 Å². The number of hydrogen-bond acceptors (Lipinski definition) is 3. The van der Waals surface area contributed by atoms with Crippen molar-refractivity contribution in [1.82, 2.24) is 9.88 Å². The number of carboxylic acid groups (broad SMARTS) is 1. The van der Waals surface area contributed by atoms with Gasteiger partial charge in [0.15, 0.2) is 0 Å². The van der Waals surface area contributed by atoms with Crippen molar-refractivity contribution in [3.8, 4) is 0 Å². The number of likely N-dealkylation sites (N-methyl/N-ethyl adjacent to an activating group) is 1. The number of benzene rings is 1. The summed E-state index contributed by atoms with van der Waals surface area (Å²) in [4.78, 5) is 17.3. The normalized spacial score (nSPS) is 10.7. The minimum atomic E-state index is -0.864. The maximum Gasteiger partial charge on any atom is 0.335 e. The Labute approximate surface area is 118 Å². The molecule has 0 fully saturated rings. The lowest BCUT2D eigenvalue weighted by Crippen LogP contribution is -2.21. The second-order valence-corrected chi connectivity index (χ2v) is 4.81. The molecule has 0 aliphatic rings. The predicted octanol–water partition coefficient (Wildman–Crippen LogP) is 2.45. The molecule has 2 rings (SSSR count). The Kier molecular flexibility index (Phi) is 4.85. The molecule has 0 aliphatic heterocycles. The van der Waals surface area contributed by atoms with Gasteiger partial charge in [-0.25, -0.2) is 4.79 Å². The van der Waals surface area contributed by atoms with Crippen LogP contribution in [0.3, 0.4) is 0 Å². The van der Waals surface area contributed by atoms with Gasteiger partial charge < -0.3 is 10.0 Å². The summed E-state index contributed by atoms with van der Waals surface area (Å²) in [6, 6.07) is 11.1. The molecule has 2 aromatic rings. The van der Waals surface area contributed by atoms with Crippen molar-refractivity contribution in [2.45, 2.75) is 13.0 Å². The lowest BCUT2D eigenvalue weighted by molar-refractivity contribution is 0.0695. The Morgan fingerprint density at radius 1 is 1.20 bits per heavy atom. The number of carbonyl (C=O) groups is 1. The number of aromatic nitrogens is 1. The third kappa shape index (κ3) is 3.90. The summed E-state index contributed by atoms with van der Waals surface area (Å²) in [6.45, 7) is 1.64. The van der Waals surface area contributed by atoms with Crippen LogP contribution >= 0.6 is 0 Å². The average Bonchev–Trinajstić information content (AvgIpc) is 2.46. The molecule has 104 valence electrons. The highest BCUT2D eigenvalue weighted by molar-refractivity contribution is 5.89. The first-order chi connectivity index (χ1) is 9.66. The maximum atomic E-state index is 11.1. The first-order valence-corrected chi connectivity index (χ1v) is 6.55. The summed E-state index contributed by atoms with van der Waals surface area (Å²) in [6.07, 6.45) is 4.29. The van der Waals surface area contributed by atoms with Crippen molar-refractivity contribution >= 4 is 5.97 Å². The van der Waals surface area contributed by atoms with E-state index in [1.54, 1.807) is 24.5 Å². The smallest absolute Gasteiger partial charge is 0.335 e. The molecule has 1 N–H and O–H groups in total.